The molecule has 0 atom stereocenters. The Labute approximate surface area is 168 Å². The average molecular weight is 419 g/mol. The predicted octanol–water partition coefficient (Wildman–Crippen LogP) is 4.11. The average Bonchev–Trinajstić information content (AvgIpc) is 3.21. The van der Waals surface area contributed by atoms with Crippen molar-refractivity contribution in [1.82, 2.24) is 10.1 Å². The number of benzene rings is 2. The number of carbonyl (C=O) groups is 2. The molecule has 2 aromatic carbocycles. The lowest BCUT2D eigenvalue weighted by Gasteiger charge is -2.08. The van der Waals surface area contributed by atoms with E-state index in [0.717, 1.165) is 12.1 Å². The van der Waals surface area contributed by atoms with Crippen molar-refractivity contribution in [2.75, 3.05) is 12.4 Å². The van der Waals surface area contributed by atoms with E-state index in [0.29, 0.717) is 5.69 Å². The zero-order valence-corrected chi connectivity index (χ0v) is 15.7. The summed E-state index contributed by atoms with van der Waals surface area (Å²) in [5, 5.41) is 6.28. The summed E-state index contributed by atoms with van der Waals surface area (Å²) in [6, 6.07) is 10.9. The van der Waals surface area contributed by atoms with E-state index in [1.165, 1.54) is 25.3 Å². The molecule has 7 nitrogen and oxygen atoms in total. The molecule has 0 unspecified atom stereocenters. The van der Waals surface area contributed by atoms with Crippen molar-refractivity contribution in [3.63, 3.8) is 0 Å². The van der Waals surface area contributed by atoms with Gasteiger partial charge in [0.1, 0.15) is 0 Å². The normalized spacial score (nSPS) is 11.2. The third-order valence-corrected chi connectivity index (χ3v) is 4.09. The van der Waals surface area contributed by atoms with Crippen LogP contribution in [-0.2, 0) is 22.1 Å². The third-order valence-electron chi connectivity index (χ3n) is 4.09. The molecular weight excluding hydrogens is 403 g/mol. The number of carbonyl (C=O) groups excluding carboxylic acids is 2. The quantitative estimate of drug-likeness (QED) is 0.605. The molecule has 0 saturated heterocycles. The van der Waals surface area contributed by atoms with E-state index in [1.807, 2.05) is 0 Å². The number of anilines is 1. The van der Waals surface area contributed by atoms with Crippen molar-refractivity contribution < 1.29 is 32.0 Å². The van der Waals surface area contributed by atoms with E-state index in [1.54, 1.807) is 18.2 Å². The monoisotopic (exact) mass is 419 g/mol. The Kier molecular flexibility index (Phi) is 6.14. The zero-order chi connectivity index (χ0) is 21.7. The molecule has 156 valence electrons. The van der Waals surface area contributed by atoms with Gasteiger partial charge in [-0.1, -0.05) is 29.4 Å². The maximum atomic E-state index is 12.8. The summed E-state index contributed by atoms with van der Waals surface area (Å²) < 4.78 is 48.2. The molecule has 0 aliphatic carbocycles. The van der Waals surface area contributed by atoms with Crippen LogP contribution in [0.5, 0.6) is 0 Å². The Morgan fingerprint density at radius 1 is 1.13 bits per heavy atom. The number of nitrogens with zero attached hydrogens (tertiary/aromatic N) is 2. The van der Waals surface area contributed by atoms with Gasteiger partial charge in [0.25, 0.3) is 0 Å². The largest absolute Gasteiger partial charge is 0.465 e. The van der Waals surface area contributed by atoms with Gasteiger partial charge < -0.3 is 14.6 Å². The fraction of sp³-hybridized carbons (Fsp3) is 0.200. The van der Waals surface area contributed by atoms with Crippen LogP contribution in [0.2, 0.25) is 0 Å². The maximum Gasteiger partial charge on any atom is 0.416 e. The topological polar surface area (TPSA) is 94.3 Å². The van der Waals surface area contributed by atoms with Gasteiger partial charge in [0.05, 0.1) is 23.9 Å². The molecule has 0 aliphatic rings. The van der Waals surface area contributed by atoms with Gasteiger partial charge in [0.2, 0.25) is 17.6 Å². The van der Waals surface area contributed by atoms with Crippen LogP contribution in [0, 0.1) is 0 Å². The number of aromatic nitrogens is 2. The molecule has 0 aliphatic heterocycles. The Morgan fingerprint density at radius 2 is 1.90 bits per heavy atom. The standard InChI is InChI=1S/C20H16F3N3O4/c1-29-19(28)14-7-2-3-8-15(14)24-16(27)9-10-17-25-18(26-30-17)12-5-4-6-13(11-12)20(21,22)23/h2-8,11H,9-10H2,1H3,(H,24,27). The van der Waals surface area contributed by atoms with Gasteiger partial charge >= 0.3 is 12.1 Å². The third kappa shape index (κ3) is 5.02. The first-order valence-electron chi connectivity index (χ1n) is 8.75. The second-order valence-electron chi connectivity index (χ2n) is 6.18. The highest BCUT2D eigenvalue weighted by molar-refractivity contribution is 6.01. The number of halogens is 3. The number of alkyl halides is 3. The molecule has 0 fully saturated rings. The Balaban J connectivity index is 1.64. The second kappa shape index (κ2) is 8.76. The Hall–Kier alpha value is -3.69. The first kappa shape index (κ1) is 21.0. The smallest absolute Gasteiger partial charge is 0.416 e. The molecule has 0 radical (unpaired) electrons. The van der Waals surface area contributed by atoms with Crippen LogP contribution in [0.25, 0.3) is 11.4 Å². The number of hydrogen-bond donors (Lipinski definition) is 1. The number of aryl methyl sites for hydroxylation is 1. The van der Waals surface area contributed by atoms with Crippen LogP contribution >= 0.6 is 0 Å². The van der Waals surface area contributed by atoms with Gasteiger partial charge in [-0.3, -0.25) is 4.79 Å². The summed E-state index contributed by atoms with van der Waals surface area (Å²) in [6.45, 7) is 0. The van der Waals surface area contributed by atoms with Crippen LogP contribution in [0.4, 0.5) is 18.9 Å². The Morgan fingerprint density at radius 3 is 2.63 bits per heavy atom. The first-order valence-corrected chi connectivity index (χ1v) is 8.75. The van der Waals surface area contributed by atoms with E-state index in [2.05, 4.69) is 20.2 Å². The van der Waals surface area contributed by atoms with Crippen molar-refractivity contribution in [2.45, 2.75) is 19.0 Å². The summed E-state index contributed by atoms with van der Waals surface area (Å²) in [7, 11) is 1.23. The molecule has 0 spiro atoms. The molecule has 1 aromatic heterocycles. The van der Waals surface area contributed by atoms with Crippen molar-refractivity contribution in [3.8, 4) is 11.4 Å². The molecular formula is C20H16F3N3O4. The molecule has 10 heteroatoms. The second-order valence-corrected chi connectivity index (χ2v) is 6.18. The molecule has 3 aromatic rings. The summed E-state index contributed by atoms with van der Waals surface area (Å²) in [4.78, 5) is 28.0. The molecule has 0 bridgehead atoms. The molecule has 3 rings (SSSR count). The summed E-state index contributed by atoms with van der Waals surface area (Å²) in [5.41, 5.74) is -0.172. The summed E-state index contributed by atoms with van der Waals surface area (Å²) in [6.07, 6.45) is -4.46. The van der Waals surface area contributed by atoms with Crippen LogP contribution in [0.3, 0.4) is 0 Å². The van der Waals surface area contributed by atoms with Gasteiger partial charge in [-0.25, -0.2) is 4.79 Å². The lowest BCUT2D eigenvalue weighted by molar-refractivity contribution is -0.137. The highest BCUT2D eigenvalue weighted by atomic mass is 19.4. The van der Waals surface area contributed by atoms with Gasteiger partial charge in [0, 0.05) is 18.4 Å². The van der Waals surface area contributed by atoms with Gasteiger partial charge in [-0.15, -0.1) is 0 Å². The number of para-hydroxylation sites is 1. The summed E-state index contributed by atoms with van der Waals surface area (Å²) >= 11 is 0. The van der Waals surface area contributed by atoms with Crippen LogP contribution in [0.15, 0.2) is 53.1 Å². The number of ether oxygens (including phenoxy) is 1. The van der Waals surface area contributed by atoms with Crippen molar-refractivity contribution in [3.05, 3.63) is 65.5 Å². The minimum absolute atomic E-state index is 0.00690. The molecule has 1 amide bonds. The van der Waals surface area contributed by atoms with Crippen LogP contribution in [-0.4, -0.2) is 29.1 Å². The molecule has 30 heavy (non-hydrogen) atoms. The van der Waals surface area contributed by atoms with E-state index in [4.69, 9.17) is 4.52 Å². The van der Waals surface area contributed by atoms with E-state index >= 15 is 0 Å². The first-order chi connectivity index (χ1) is 14.3. The van der Waals surface area contributed by atoms with Crippen molar-refractivity contribution in [2.24, 2.45) is 0 Å². The number of hydrogen-bond acceptors (Lipinski definition) is 6. The molecule has 1 N–H and O–H groups in total. The minimum Gasteiger partial charge on any atom is -0.465 e. The number of methoxy groups -OCH3 is 1. The fourth-order valence-electron chi connectivity index (χ4n) is 2.62. The predicted molar refractivity (Wildman–Crippen MR) is 99.5 cm³/mol. The summed E-state index contributed by atoms with van der Waals surface area (Å²) in [5.74, 6) is -0.912. The highest BCUT2D eigenvalue weighted by Crippen LogP contribution is 2.31. The number of nitrogens with one attached hydrogen (secondary N) is 1. The van der Waals surface area contributed by atoms with Crippen molar-refractivity contribution in [1.29, 1.82) is 0 Å². The van der Waals surface area contributed by atoms with E-state index in [-0.39, 0.29) is 35.7 Å². The van der Waals surface area contributed by atoms with Crippen LogP contribution < -0.4 is 5.32 Å². The van der Waals surface area contributed by atoms with Gasteiger partial charge in [-0.2, -0.15) is 18.2 Å². The number of esters is 1. The highest BCUT2D eigenvalue weighted by Gasteiger charge is 2.30. The fourth-order valence-corrected chi connectivity index (χ4v) is 2.62. The number of amides is 1. The van der Waals surface area contributed by atoms with Crippen LogP contribution in [0.1, 0.15) is 28.2 Å². The maximum absolute atomic E-state index is 12.8. The lowest BCUT2D eigenvalue weighted by Crippen LogP contribution is -2.15. The Bertz CT molecular complexity index is 1060. The molecule has 1 heterocycles. The minimum atomic E-state index is -4.48. The van der Waals surface area contributed by atoms with E-state index < -0.39 is 23.6 Å². The molecule has 0 saturated carbocycles. The van der Waals surface area contributed by atoms with Gasteiger partial charge in [-0.05, 0) is 24.3 Å². The zero-order valence-electron chi connectivity index (χ0n) is 15.7. The number of rotatable bonds is 6. The van der Waals surface area contributed by atoms with Gasteiger partial charge in [0.15, 0.2) is 0 Å². The van der Waals surface area contributed by atoms with Crippen molar-refractivity contribution >= 4 is 17.6 Å². The SMILES string of the molecule is COC(=O)c1ccccc1NC(=O)CCc1nc(-c2cccc(C(F)(F)F)c2)no1. The van der Waals surface area contributed by atoms with E-state index in [9.17, 15) is 22.8 Å². The lowest BCUT2D eigenvalue weighted by atomic mass is 10.1.